The SMILES string of the molecule is N#CCCn1cc(/C=C2\SC(=S)NC2=O)c(-c2cccc(Cl)c2)n1. The van der Waals surface area contributed by atoms with Gasteiger partial charge in [0.15, 0.2) is 0 Å². The first-order valence-corrected chi connectivity index (χ1v) is 8.62. The number of thiocarbonyl (C=S) groups is 1. The molecule has 0 bridgehead atoms. The molecule has 120 valence electrons. The van der Waals surface area contributed by atoms with Crippen LogP contribution in [0.15, 0.2) is 35.4 Å². The highest BCUT2D eigenvalue weighted by molar-refractivity contribution is 8.26. The van der Waals surface area contributed by atoms with Crippen molar-refractivity contribution in [3.63, 3.8) is 0 Å². The van der Waals surface area contributed by atoms with E-state index in [0.717, 1.165) is 11.1 Å². The van der Waals surface area contributed by atoms with Crippen molar-refractivity contribution in [2.45, 2.75) is 13.0 Å². The maximum atomic E-state index is 11.9. The second kappa shape index (κ2) is 7.18. The molecule has 1 aliphatic rings. The molecule has 3 rings (SSSR count). The Kier molecular flexibility index (Phi) is 5.00. The number of aryl methyl sites for hydroxylation is 1. The number of thioether (sulfide) groups is 1. The van der Waals surface area contributed by atoms with E-state index in [0.29, 0.717) is 32.9 Å². The van der Waals surface area contributed by atoms with Gasteiger partial charge < -0.3 is 5.32 Å². The zero-order valence-electron chi connectivity index (χ0n) is 12.3. The van der Waals surface area contributed by atoms with E-state index in [2.05, 4.69) is 16.5 Å². The molecule has 0 saturated carbocycles. The van der Waals surface area contributed by atoms with Crippen LogP contribution in [-0.2, 0) is 11.3 Å². The van der Waals surface area contributed by atoms with Crippen molar-refractivity contribution >= 4 is 51.9 Å². The molecule has 0 unspecified atom stereocenters. The number of carbonyl (C=O) groups is 1. The lowest BCUT2D eigenvalue weighted by Gasteiger charge is -2.00. The number of nitrogens with one attached hydrogen (secondary N) is 1. The average Bonchev–Trinajstić information content (AvgIpc) is 3.08. The molecule has 0 aliphatic carbocycles. The van der Waals surface area contributed by atoms with Crippen molar-refractivity contribution in [2.24, 2.45) is 0 Å². The van der Waals surface area contributed by atoms with E-state index < -0.39 is 0 Å². The largest absolute Gasteiger partial charge is 0.307 e. The van der Waals surface area contributed by atoms with Crippen LogP contribution in [0.2, 0.25) is 5.02 Å². The van der Waals surface area contributed by atoms with Gasteiger partial charge in [0.05, 0.1) is 29.6 Å². The Morgan fingerprint density at radius 2 is 2.33 bits per heavy atom. The van der Waals surface area contributed by atoms with Gasteiger partial charge in [-0.1, -0.05) is 47.7 Å². The number of aromatic nitrogens is 2. The molecule has 8 heteroatoms. The molecular formula is C16H11ClN4OS2. The van der Waals surface area contributed by atoms with E-state index >= 15 is 0 Å². The maximum absolute atomic E-state index is 11.9. The number of halogens is 1. The fourth-order valence-electron chi connectivity index (χ4n) is 2.24. The van der Waals surface area contributed by atoms with Crippen molar-refractivity contribution in [1.82, 2.24) is 15.1 Å². The number of amides is 1. The lowest BCUT2D eigenvalue weighted by molar-refractivity contribution is -0.115. The van der Waals surface area contributed by atoms with Gasteiger partial charge in [-0.2, -0.15) is 10.4 Å². The monoisotopic (exact) mass is 374 g/mol. The van der Waals surface area contributed by atoms with E-state index in [1.165, 1.54) is 11.8 Å². The van der Waals surface area contributed by atoms with Crippen LogP contribution in [0.4, 0.5) is 0 Å². The summed E-state index contributed by atoms with van der Waals surface area (Å²) in [5.74, 6) is -0.216. The molecule has 1 aliphatic heterocycles. The standard InChI is InChI=1S/C16H11ClN4OS2/c17-12-4-1-3-10(7-12)14-11(9-21(20-14)6-2-5-18)8-13-15(22)19-16(23)24-13/h1,3-4,7-9H,2,6H2,(H,19,22,23)/b13-8-. The number of nitriles is 1. The number of nitrogens with zero attached hydrogens (tertiary/aromatic N) is 3. The lowest BCUT2D eigenvalue weighted by atomic mass is 10.1. The van der Waals surface area contributed by atoms with E-state index in [-0.39, 0.29) is 5.91 Å². The van der Waals surface area contributed by atoms with Gasteiger partial charge in [-0.15, -0.1) is 0 Å². The summed E-state index contributed by atoms with van der Waals surface area (Å²) >= 11 is 12.3. The summed E-state index contributed by atoms with van der Waals surface area (Å²) in [4.78, 5) is 12.4. The smallest absolute Gasteiger partial charge is 0.263 e. The molecule has 0 spiro atoms. The normalized spacial score (nSPS) is 15.6. The molecule has 1 aromatic carbocycles. The van der Waals surface area contributed by atoms with Gasteiger partial charge in [0, 0.05) is 22.3 Å². The van der Waals surface area contributed by atoms with Gasteiger partial charge in [0.1, 0.15) is 4.32 Å². The molecular weight excluding hydrogens is 364 g/mol. The molecule has 1 saturated heterocycles. The second-order valence-corrected chi connectivity index (χ2v) is 7.12. The first-order valence-electron chi connectivity index (χ1n) is 7.02. The van der Waals surface area contributed by atoms with Crippen molar-refractivity contribution in [3.05, 3.63) is 46.0 Å². The summed E-state index contributed by atoms with van der Waals surface area (Å²) in [5.41, 5.74) is 2.32. The number of hydrogen-bond acceptors (Lipinski definition) is 5. The Labute approximate surface area is 153 Å². The minimum atomic E-state index is -0.216. The molecule has 1 amide bonds. The van der Waals surface area contributed by atoms with Gasteiger partial charge in [-0.25, -0.2) is 0 Å². The minimum absolute atomic E-state index is 0.216. The van der Waals surface area contributed by atoms with Crippen LogP contribution in [0, 0.1) is 11.3 Å². The minimum Gasteiger partial charge on any atom is -0.307 e. The summed E-state index contributed by atoms with van der Waals surface area (Å²) in [5, 5.41) is 16.5. The predicted octanol–water partition coefficient (Wildman–Crippen LogP) is 3.61. The average molecular weight is 375 g/mol. The van der Waals surface area contributed by atoms with E-state index in [4.69, 9.17) is 29.1 Å². The lowest BCUT2D eigenvalue weighted by Crippen LogP contribution is -2.17. The van der Waals surface area contributed by atoms with Crippen LogP contribution in [-0.4, -0.2) is 20.0 Å². The van der Waals surface area contributed by atoms with Crippen molar-refractivity contribution in [1.29, 1.82) is 5.26 Å². The van der Waals surface area contributed by atoms with Gasteiger partial charge in [-0.05, 0) is 18.2 Å². The molecule has 1 N–H and O–H groups in total. The first kappa shape index (κ1) is 16.7. The van der Waals surface area contributed by atoms with Crippen LogP contribution in [0.25, 0.3) is 17.3 Å². The predicted molar refractivity (Wildman–Crippen MR) is 99.2 cm³/mol. The maximum Gasteiger partial charge on any atom is 0.263 e. The van der Waals surface area contributed by atoms with Crippen LogP contribution in [0.3, 0.4) is 0 Å². The summed E-state index contributed by atoms with van der Waals surface area (Å²) in [6.07, 6.45) is 3.92. The Balaban J connectivity index is 2.05. The van der Waals surface area contributed by atoms with E-state index in [1.807, 2.05) is 24.4 Å². The fourth-order valence-corrected chi connectivity index (χ4v) is 3.47. The zero-order chi connectivity index (χ0) is 17.1. The quantitative estimate of drug-likeness (QED) is 0.654. The van der Waals surface area contributed by atoms with Crippen molar-refractivity contribution in [3.8, 4) is 17.3 Å². The molecule has 1 fully saturated rings. The van der Waals surface area contributed by atoms with Crippen molar-refractivity contribution in [2.75, 3.05) is 0 Å². The third kappa shape index (κ3) is 3.67. The number of carbonyl (C=O) groups excluding carboxylic acids is 1. The topological polar surface area (TPSA) is 70.7 Å². The summed E-state index contributed by atoms with van der Waals surface area (Å²) < 4.78 is 2.13. The Hall–Kier alpha value is -2.14. The molecule has 2 aromatic rings. The van der Waals surface area contributed by atoms with Crippen LogP contribution >= 0.6 is 35.6 Å². The van der Waals surface area contributed by atoms with Crippen LogP contribution in [0.5, 0.6) is 0 Å². The van der Waals surface area contributed by atoms with Gasteiger partial charge in [-0.3, -0.25) is 9.48 Å². The van der Waals surface area contributed by atoms with Crippen LogP contribution in [0.1, 0.15) is 12.0 Å². The van der Waals surface area contributed by atoms with E-state index in [1.54, 1.807) is 16.8 Å². The number of hydrogen-bond donors (Lipinski definition) is 1. The highest BCUT2D eigenvalue weighted by atomic mass is 35.5. The van der Waals surface area contributed by atoms with Gasteiger partial charge in [0.25, 0.3) is 5.91 Å². The zero-order valence-corrected chi connectivity index (χ0v) is 14.7. The van der Waals surface area contributed by atoms with Crippen LogP contribution < -0.4 is 5.32 Å². The summed E-state index contributed by atoms with van der Waals surface area (Å²) in [6, 6.07) is 9.44. The molecule has 2 heterocycles. The number of benzene rings is 1. The van der Waals surface area contributed by atoms with Gasteiger partial charge in [0.2, 0.25) is 0 Å². The third-order valence-electron chi connectivity index (χ3n) is 3.27. The summed E-state index contributed by atoms with van der Waals surface area (Å²) in [7, 11) is 0. The highest BCUT2D eigenvalue weighted by Gasteiger charge is 2.23. The molecule has 1 aromatic heterocycles. The van der Waals surface area contributed by atoms with E-state index in [9.17, 15) is 4.79 Å². The fraction of sp³-hybridized carbons (Fsp3) is 0.125. The highest BCUT2D eigenvalue weighted by Crippen LogP contribution is 2.31. The molecule has 0 atom stereocenters. The second-order valence-electron chi connectivity index (χ2n) is 4.97. The van der Waals surface area contributed by atoms with Crippen molar-refractivity contribution < 1.29 is 4.79 Å². The Morgan fingerprint density at radius 1 is 1.50 bits per heavy atom. The van der Waals surface area contributed by atoms with Gasteiger partial charge >= 0.3 is 0 Å². The first-order chi connectivity index (χ1) is 11.6. The number of rotatable bonds is 4. The third-order valence-corrected chi connectivity index (χ3v) is 4.67. The molecule has 5 nitrogen and oxygen atoms in total. The Morgan fingerprint density at radius 3 is 3.00 bits per heavy atom. The molecule has 24 heavy (non-hydrogen) atoms. The molecule has 0 radical (unpaired) electrons. The Bertz CT molecular complexity index is 898. The summed E-state index contributed by atoms with van der Waals surface area (Å²) in [6.45, 7) is 0.477.